The summed E-state index contributed by atoms with van der Waals surface area (Å²) in [7, 11) is 0. The van der Waals surface area contributed by atoms with E-state index in [0.717, 1.165) is 12.1 Å². The first-order valence-corrected chi connectivity index (χ1v) is 7.38. The first-order valence-electron chi connectivity index (χ1n) is 6.18. The SMILES string of the molecule is CCc1ccc(C(C)Nc2cc(Cl)ccc2C#N)s1. The van der Waals surface area contributed by atoms with Crippen LogP contribution < -0.4 is 5.32 Å². The molecule has 19 heavy (non-hydrogen) atoms. The Hall–Kier alpha value is -1.50. The molecule has 0 aliphatic carbocycles. The lowest BCUT2D eigenvalue weighted by molar-refractivity contribution is 0.907. The molecule has 1 aromatic carbocycles. The van der Waals surface area contributed by atoms with E-state index in [0.29, 0.717) is 10.6 Å². The lowest BCUT2D eigenvalue weighted by Gasteiger charge is -2.15. The highest BCUT2D eigenvalue weighted by Crippen LogP contribution is 2.29. The molecule has 0 amide bonds. The van der Waals surface area contributed by atoms with Gasteiger partial charge >= 0.3 is 0 Å². The molecule has 1 heterocycles. The van der Waals surface area contributed by atoms with Crippen molar-refractivity contribution in [2.45, 2.75) is 26.3 Å². The summed E-state index contributed by atoms with van der Waals surface area (Å²) in [6, 6.07) is 11.9. The number of benzene rings is 1. The molecule has 2 aromatic rings. The van der Waals surface area contributed by atoms with Crippen molar-refractivity contribution in [3.63, 3.8) is 0 Å². The van der Waals surface area contributed by atoms with Crippen molar-refractivity contribution in [1.82, 2.24) is 0 Å². The van der Waals surface area contributed by atoms with Gasteiger partial charge in [-0.3, -0.25) is 0 Å². The minimum atomic E-state index is 0.163. The maximum absolute atomic E-state index is 9.10. The molecule has 4 heteroatoms. The summed E-state index contributed by atoms with van der Waals surface area (Å²) < 4.78 is 0. The zero-order chi connectivity index (χ0) is 13.8. The molecule has 2 nitrogen and oxygen atoms in total. The second kappa shape index (κ2) is 6.10. The summed E-state index contributed by atoms with van der Waals surface area (Å²) in [5, 5.41) is 13.1. The number of aryl methyl sites for hydroxylation is 1. The lowest BCUT2D eigenvalue weighted by Crippen LogP contribution is -2.06. The molecular weight excluding hydrogens is 276 g/mol. The van der Waals surface area contributed by atoms with E-state index >= 15 is 0 Å². The fourth-order valence-corrected chi connectivity index (χ4v) is 2.98. The second-order valence-electron chi connectivity index (χ2n) is 4.33. The monoisotopic (exact) mass is 290 g/mol. The summed E-state index contributed by atoms with van der Waals surface area (Å²) >= 11 is 7.78. The smallest absolute Gasteiger partial charge is 0.101 e. The minimum absolute atomic E-state index is 0.163. The topological polar surface area (TPSA) is 35.8 Å². The number of hydrogen-bond donors (Lipinski definition) is 1. The second-order valence-corrected chi connectivity index (χ2v) is 5.96. The average molecular weight is 291 g/mol. The fourth-order valence-electron chi connectivity index (χ4n) is 1.86. The summed E-state index contributed by atoms with van der Waals surface area (Å²) in [5.74, 6) is 0. The van der Waals surface area contributed by atoms with Crippen LogP contribution >= 0.6 is 22.9 Å². The molecule has 0 spiro atoms. The molecule has 0 aliphatic heterocycles. The van der Waals surface area contributed by atoms with Gasteiger partial charge in [-0.25, -0.2) is 0 Å². The van der Waals surface area contributed by atoms with E-state index in [4.69, 9.17) is 16.9 Å². The van der Waals surface area contributed by atoms with Crippen LogP contribution in [0.25, 0.3) is 0 Å². The highest BCUT2D eigenvalue weighted by Gasteiger charge is 2.11. The molecule has 0 saturated heterocycles. The Labute approximate surface area is 122 Å². The molecular formula is C15H15ClN2S. The van der Waals surface area contributed by atoms with Crippen LogP contribution in [0.2, 0.25) is 5.02 Å². The number of rotatable bonds is 4. The number of hydrogen-bond acceptors (Lipinski definition) is 3. The van der Waals surface area contributed by atoms with Crippen molar-refractivity contribution in [3.05, 3.63) is 50.7 Å². The third-order valence-corrected chi connectivity index (χ3v) is 4.58. The van der Waals surface area contributed by atoms with Gasteiger partial charge in [0, 0.05) is 14.8 Å². The molecule has 0 fully saturated rings. The van der Waals surface area contributed by atoms with Crippen LogP contribution in [0.1, 0.15) is 35.2 Å². The van der Waals surface area contributed by atoms with Crippen LogP contribution in [0.5, 0.6) is 0 Å². The summed E-state index contributed by atoms with van der Waals surface area (Å²) in [6.45, 7) is 4.24. The van der Waals surface area contributed by atoms with Crippen LogP contribution in [-0.2, 0) is 6.42 Å². The number of nitrogens with zero attached hydrogens (tertiary/aromatic N) is 1. The third-order valence-electron chi connectivity index (χ3n) is 2.93. The van der Waals surface area contributed by atoms with E-state index in [1.165, 1.54) is 9.75 Å². The van der Waals surface area contributed by atoms with Gasteiger partial charge in [0.25, 0.3) is 0 Å². The van der Waals surface area contributed by atoms with Gasteiger partial charge in [0.1, 0.15) is 6.07 Å². The van der Waals surface area contributed by atoms with E-state index in [9.17, 15) is 0 Å². The minimum Gasteiger partial charge on any atom is -0.377 e. The van der Waals surface area contributed by atoms with E-state index in [1.54, 1.807) is 29.5 Å². The van der Waals surface area contributed by atoms with Crippen LogP contribution in [0.15, 0.2) is 30.3 Å². The summed E-state index contributed by atoms with van der Waals surface area (Å²) in [6.07, 6.45) is 1.05. The van der Waals surface area contributed by atoms with E-state index in [2.05, 4.69) is 37.4 Å². The van der Waals surface area contributed by atoms with Gasteiger partial charge < -0.3 is 5.32 Å². The van der Waals surface area contributed by atoms with E-state index < -0.39 is 0 Å². The molecule has 1 N–H and O–H groups in total. The van der Waals surface area contributed by atoms with Crippen molar-refractivity contribution in [1.29, 1.82) is 5.26 Å². The van der Waals surface area contributed by atoms with Gasteiger partial charge in [0.05, 0.1) is 17.3 Å². The van der Waals surface area contributed by atoms with Crippen LogP contribution in [0.3, 0.4) is 0 Å². The van der Waals surface area contributed by atoms with Gasteiger partial charge in [-0.05, 0) is 43.7 Å². The van der Waals surface area contributed by atoms with Crippen molar-refractivity contribution in [3.8, 4) is 6.07 Å². The average Bonchev–Trinajstić information content (AvgIpc) is 2.88. The normalized spacial score (nSPS) is 11.9. The molecule has 1 aromatic heterocycles. The van der Waals surface area contributed by atoms with Gasteiger partial charge in [-0.15, -0.1) is 11.3 Å². The molecule has 1 atom stereocenters. The van der Waals surface area contributed by atoms with Gasteiger partial charge in [0.15, 0.2) is 0 Å². The first kappa shape index (κ1) is 13.9. The van der Waals surface area contributed by atoms with Crippen molar-refractivity contribution in [2.24, 2.45) is 0 Å². The van der Waals surface area contributed by atoms with Crippen LogP contribution in [0.4, 0.5) is 5.69 Å². The molecule has 0 bridgehead atoms. The zero-order valence-electron chi connectivity index (χ0n) is 10.9. The number of nitrogens with one attached hydrogen (secondary N) is 1. The predicted molar refractivity (Wildman–Crippen MR) is 81.9 cm³/mol. The van der Waals surface area contributed by atoms with Crippen molar-refractivity contribution in [2.75, 3.05) is 5.32 Å². The van der Waals surface area contributed by atoms with Crippen LogP contribution in [0, 0.1) is 11.3 Å². The summed E-state index contributed by atoms with van der Waals surface area (Å²) in [4.78, 5) is 2.64. The van der Waals surface area contributed by atoms with E-state index in [-0.39, 0.29) is 6.04 Å². The Morgan fingerprint density at radius 3 is 2.79 bits per heavy atom. The highest BCUT2D eigenvalue weighted by molar-refractivity contribution is 7.12. The van der Waals surface area contributed by atoms with Crippen LogP contribution in [-0.4, -0.2) is 0 Å². The third kappa shape index (κ3) is 3.28. The number of thiophene rings is 1. The Balaban J connectivity index is 2.21. The van der Waals surface area contributed by atoms with Crippen molar-refractivity contribution < 1.29 is 0 Å². The molecule has 98 valence electrons. The quantitative estimate of drug-likeness (QED) is 0.859. The molecule has 2 rings (SSSR count). The van der Waals surface area contributed by atoms with Crippen molar-refractivity contribution >= 4 is 28.6 Å². The maximum atomic E-state index is 9.10. The lowest BCUT2D eigenvalue weighted by atomic mass is 10.1. The Morgan fingerprint density at radius 1 is 1.37 bits per heavy atom. The van der Waals surface area contributed by atoms with Gasteiger partial charge in [-0.1, -0.05) is 18.5 Å². The first-order chi connectivity index (χ1) is 9.13. The standard InChI is InChI=1S/C15H15ClN2S/c1-3-13-6-7-15(19-13)10(2)18-14-8-12(16)5-4-11(14)9-17/h4-8,10,18H,3H2,1-2H3. The zero-order valence-corrected chi connectivity index (χ0v) is 12.5. The molecule has 0 radical (unpaired) electrons. The largest absolute Gasteiger partial charge is 0.377 e. The van der Waals surface area contributed by atoms with Gasteiger partial charge in [0.2, 0.25) is 0 Å². The summed E-state index contributed by atoms with van der Waals surface area (Å²) in [5.41, 5.74) is 1.40. The van der Waals surface area contributed by atoms with Gasteiger partial charge in [-0.2, -0.15) is 5.26 Å². The molecule has 1 unspecified atom stereocenters. The number of anilines is 1. The Bertz CT molecular complexity index is 613. The molecule has 0 aliphatic rings. The fraction of sp³-hybridized carbons (Fsp3) is 0.267. The predicted octanol–water partition coefficient (Wildman–Crippen LogP) is 5.01. The highest BCUT2D eigenvalue weighted by atomic mass is 35.5. The Morgan fingerprint density at radius 2 is 2.16 bits per heavy atom. The number of nitriles is 1. The van der Waals surface area contributed by atoms with E-state index in [1.807, 2.05) is 0 Å². The number of halogens is 1. The Kier molecular flexibility index (Phi) is 4.47. The maximum Gasteiger partial charge on any atom is 0.101 e. The molecule has 0 saturated carbocycles.